The van der Waals surface area contributed by atoms with Crippen LogP contribution < -0.4 is 20.5 Å². The van der Waals surface area contributed by atoms with Crippen molar-refractivity contribution in [2.75, 3.05) is 12.5 Å². The van der Waals surface area contributed by atoms with Crippen LogP contribution in [0, 0.1) is 0 Å². The first-order chi connectivity index (χ1) is 12.2. The monoisotopic (exact) mass is 354 g/mol. The van der Waals surface area contributed by atoms with Crippen LogP contribution in [0.4, 0.5) is 5.95 Å². The number of carbonyl (C=O) groups is 1. The molecular formula is C17H14N4O3S. The molecular weight excluding hydrogens is 340 g/mol. The van der Waals surface area contributed by atoms with Crippen molar-refractivity contribution in [3.63, 3.8) is 0 Å². The van der Waals surface area contributed by atoms with Crippen molar-refractivity contribution in [2.45, 2.75) is 6.54 Å². The minimum absolute atomic E-state index is 0.143. The number of nitrogen functional groups attached to an aromatic ring is 1. The van der Waals surface area contributed by atoms with Crippen LogP contribution in [0.3, 0.4) is 0 Å². The molecule has 0 aliphatic carbocycles. The number of amides is 1. The summed E-state index contributed by atoms with van der Waals surface area (Å²) in [5.41, 5.74) is 7.24. The van der Waals surface area contributed by atoms with Crippen molar-refractivity contribution >= 4 is 23.2 Å². The maximum absolute atomic E-state index is 12.3. The fraction of sp³-hybridized carbons (Fsp3) is 0.118. The summed E-state index contributed by atoms with van der Waals surface area (Å²) in [5, 5.41) is 2.90. The van der Waals surface area contributed by atoms with Gasteiger partial charge in [0.25, 0.3) is 5.91 Å². The zero-order valence-corrected chi connectivity index (χ0v) is 13.9. The molecule has 4 rings (SSSR count). The SMILES string of the molecule is Nc1nccc(-c2ccc(C(=O)NCc3ccc4c(c3)OCO4)s2)n1. The molecule has 0 radical (unpaired) electrons. The Labute approximate surface area is 147 Å². The number of ether oxygens (including phenoxy) is 2. The Balaban J connectivity index is 1.43. The fourth-order valence-electron chi connectivity index (χ4n) is 2.43. The van der Waals surface area contributed by atoms with Crippen molar-refractivity contribution in [2.24, 2.45) is 0 Å². The van der Waals surface area contributed by atoms with Crippen LogP contribution in [0.1, 0.15) is 15.2 Å². The third-order valence-electron chi connectivity index (χ3n) is 3.65. The largest absolute Gasteiger partial charge is 0.454 e. The number of hydrogen-bond acceptors (Lipinski definition) is 7. The second-order valence-electron chi connectivity index (χ2n) is 5.33. The number of thiophene rings is 1. The minimum Gasteiger partial charge on any atom is -0.454 e. The summed E-state index contributed by atoms with van der Waals surface area (Å²) in [5.74, 6) is 1.49. The quantitative estimate of drug-likeness (QED) is 0.746. The molecule has 0 saturated carbocycles. The second kappa shape index (κ2) is 6.40. The Morgan fingerprint density at radius 1 is 1.20 bits per heavy atom. The van der Waals surface area contributed by atoms with E-state index in [2.05, 4.69) is 15.3 Å². The lowest BCUT2D eigenvalue weighted by Gasteiger charge is -2.05. The number of nitrogens with two attached hydrogens (primary N) is 1. The van der Waals surface area contributed by atoms with E-state index in [9.17, 15) is 4.79 Å². The molecule has 1 aliphatic rings. The number of carbonyl (C=O) groups excluding carboxylic acids is 1. The third-order valence-corrected chi connectivity index (χ3v) is 4.75. The van der Waals surface area contributed by atoms with Gasteiger partial charge in [-0.2, -0.15) is 0 Å². The highest BCUT2D eigenvalue weighted by molar-refractivity contribution is 7.17. The Morgan fingerprint density at radius 2 is 2.08 bits per heavy atom. The molecule has 0 bridgehead atoms. The molecule has 3 N–H and O–H groups in total. The summed E-state index contributed by atoms with van der Waals surface area (Å²) in [4.78, 5) is 21.8. The van der Waals surface area contributed by atoms with Crippen LogP contribution in [0.5, 0.6) is 11.5 Å². The molecule has 1 amide bonds. The van der Waals surface area contributed by atoms with Crippen LogP contribution in [0.15, 0.2) is 42.6 Å². The van der Waals surface area contributed by atoms with Crippen molar-refractivity contribution in [1.29, 1.82) is 0 Å². The standard InChI is InChI=1S/C17H14N4O3S/c18-17-19-6-5-11(21-17)14-3-4-15(25-14)16(22)20-8-10-1-2-12-13(7-10)24-9-23-12/h1-7H,8-9H2,(H,20,22)(H2,18,19,21). The molecule has 0 spiro atoms. The lowest BCUT2D eigenvalue weighted by Crippen LogP contribution is -2.21. The molecule has 1 aliphatic heterocycles. The summed E-state index contributed by atoms with van der Waals surface area (Å²) in [6.07, 6.45) is 1.59. The first-order valence-corrected chi connectivity index (χ1v) is 8.36. The molecule has 0 unspecified atom stereocenters. The zero-order valence-electron chi connectivity index (χ0n) is 13.1. The number of fused-ring (bicyclic) bond motifs is 1. The first kappa shape index (κ1) is 15.4. The van der Waals surface area contributed by atoms with Gasteiger partial charge in [0, 0.05) is 12.7 Å². The van der Waals surface area contributed by atoms with Gasteiger partial charge in [-0.05, 0) is 35.9 Å². The maximum Gasteiger partial charge on any atom is 0.261 e. The Bertz CT molecular complexity index is 941. The maximum atomic E-state index is 12.3. The molecule has 126 valence electrons. The smallest absolute Gasteiger partial charge is 0.261 e. The average Bonchev–Trinajstić information content (AvgIpc) is 3.28. The number of aromatic nitrogens is 2. The van der Waals surface area contributed by atoms with Crippen molar-refractivity contribution in [3.05, 3.63) is 53.0 Å². The zero-order chi connectivity index (χ0) is 17.2. The van der Waals surface area contributed by atoms with E-state index in [0.717, 1.165) is 16.2 Å². The number of benzene rings is 1. The van der Waals surface area contributed by atoms with E-state index in [-0.39, 0.29) is 18.6 Å². The molecule has 0 saturated heterocycles. The van der Waals surface area contributed by atoms with E-state index < -0.39 is 0 Å². The molecule has 2 aromatic heterocycles. The van der Waals surface area contributed by atoms with E-state index in [4.69, 9.17) is 15.2 Å². The molecule has 0 fully saturated rings. The van der Waals surface area contributed by atoms with Crippen LogP contribution in [0.2, 0.25) is 0 Å². The first-order valence-electron chi connectivity index (χ1n) is 7.54. The highest BCUT2D eigenvalue weighted by atomic mass is 32.1. The molecule has 3 heterocycles. The number of hydrogen-bond donors (Lipinski definition) is 2. The highest BCUT2D eigenvalue weighted by Crippen LogP contribution is 2.32. The number of nitrogens with zero attached hydrogens (tertiary/aromatic N) is 2. The van der Waals surface area contributed by atoms with Crippen molar-refractivity contribution in [1.82, 2.24) is 15.3 Å². The van der Waals surface area contributed by atoms with Crippen molar-refractivity contribution in [3.8, 4) is 22.1 Å². The van der Waals surface area contributed by atoms with E-state index in [0.29, 0.717) is 22.9 Å². The summed E-state index contributed by atoms with van der Waals surface area (Å²) in [6.45, 7) is 0.639. The Morgan fingerprint density at radius 3 is 2.96 bits per heavy atom. The van der Waals surface area contributed by atoms with Gasteiger partial charge < -0.3 is 20.5 Å². The average molecular weight is 354 g/mol. The second-order valence-corrected chi connectivity index (χ2v) is 6.42. The van der Waals surface area contributed by atoms with Crippen LogP contribution in [0.25, 0.3) is 10.6 Å². The minimum atomic E-state index is -0.143. The van der Waals surface area contributed by atoms with Crippen LogP contribution in [-0.4, -0.2) is 22.7 Å². The van der Waals surface area contributed by atoms with Gasteiger partial charge in [0.15, 0.2) is 11.5 Å². The number of rotatable bonds is 4. The van der Waals surface area contributed by atoms with Gasteiger partial charge in [-0.25, -0.2) is 9.97 Å². The molecule has 1 aromatic carbocycles. The van der Waals surface area contributed by atoms with Gasteiger partial charge >= 0.3 is 0 Å². The molecule has 3 aromatic rings. The number of nitrogens with one attached hydrogen (secondary N) is 1. The van der Waals surface area contributed by atoms with Gasteiger partial charge in [0.1, 0.15) is 0 Å². The predicted molar refractivity (Wildman–Crippen MR) is 93.5 cm³/mol. The van der Waals surface area contributed by atoms with Gasteiger partial charge in [-0.1, -0.05) is 6.07 Å². The summed E-state index contributed by atoms with van der Waals surface area (Å²) in [7, 11) is 0. The summed E-state index contributed by atoms with van der Waals surface area (Å²) in [6, 6.07) is 11.0. The van der Waals surface area contributed by atoms with E-state index >= 15 is 0 Å². The molecule has 0 atom stereocenters. The van der Waals surface area contributed by atoms with Gasteiger partial charge in [-0.3, -0.25) is 4.79 Å². The Kier molecular flexibility index (Phi) is 3.95. The van der Waals surface area contributed by atoms with Gasteiger partial charge in [0.2, 0.25) is 12.7 Å². The molecule has 7 nitrogen and oxygen atoms in total. The topological polar surface area (TPSA) is 99.4 Å². The fourth-order valence-corrected chi connectivity index (χ4v) is 3.32. The van der Waals surface area contributed by atoms with E-state index in [1.54, 1.807) is 18.3 Å². The van der Waals surface area contributed by atoms with Crippen molar-refractivity contribution < 1.29 is 14.3 Å². The lowest BCUT2D eigenvalue weighted by atomic mass is 10.2. The van der Waals surface area contributed by atoms with Crippen LogP contribution in [-0.2, 0) is 6.54 Å². The van der Waals surface area contributed by atoms with Gasteiger partial charge in [-0.15, -0.1) is 11.3 Å². The molecule has 25 heavy (non-hydrogen) atoms. The third kappa shape index (κ3) is 3.24. The van der Waals surface area contributed by atoms with E-state index in [1.165, 1.54) is 11.3 Å². The number of anilines is 1. The van der Waals surface area contributed by atoms with Crippen LogP contribution >= 0.6 is 11.3 Å². The van der Waals surface area contributed by atoms with Gasteiger partial charge in [0.05, 0.1) is 15.4 Å². The predicted octanol–water partition coefficient (Wildman–Crippen LogP) is 2.45. The Hall–Kier alpha value is -3.13. The highest BCUT2D eigenvalue weighted by Gasteiger charge is 2.14. The van der Waals surface area contributed by atoms with E-state index in [1.807, 2.05) is 24.3 Å². The normalized spacial score (nSPS) is 12.2. The summed E-state index contributed by atoms with van der Waals surface area (Å²) >= 11 is 1.36. The summed E-state index contributed by atoms with van der Waals surface area (Å²) < 4.78 is 10.6. The lowest BCUT2D eigenvalue weighted by molar-refractivity contribution is 0.0955. The molecule has 8 heteroatoms.